The Morgan fingerprint density at radius 1 is 1.27 bits per heavy atom. The van der Waals surface area contributed by atoms with E-state index in [0.717, 1.165) is 17.4 Å². The van der Waals surface area contributed by atoms with Crippen molar-refractivity contribution in [3.8, 4) is 10.6 Å². The molecule has 0 aliphatic rings. The van der Waals surface area contributed by atoms with Crippen LogP contribution in [-0.2, 0) is 0 Å². The molecule has 0 aliphatic heterocycles. The summed E-state index contributed by atoms with van der Waals surface area (Å²) in [7, 11) is 0. The van der Waals surface area contributed by atoms with E-state index >= 15 is 0 Å². The van der Waals surface area contributed by atoms with Crippen molar-refractivity contribution in [1.29, 1.82) is 0 Å². The monoisotopic (exact) mass is 227 g/mol. The molecule has 1 aromatic carbocycles. The van der Waals surface area contributed by atoms with Gasteiger partial charge in [-0.05, 0) is 24.6 Å². The highest BCUT2D eigenvalue weighted by molar-refractivity contribution is 7.18. The first-order chi connectivity index (χ1) is 7.09. The van der Waals surface area contributed by atoms with Gasteiger partial charge in [0, 0.05) is 5.56 Å². The Morgan fingerprint density at radius 2 is 2.00 bits per heavy atom. The number of anilines is 1. The summed E-state index contributed by atoms with van der Waals surface area (Å²) >= 11 is 1.14. The molecule has 0 aliphatic carbocycles. The molecule has 0 unspecified atom stereocenters. The second-order valence-corrected chi connectivity index (χ2v) is 3.99. The minimum absolute atomic E-state index is 0.214. The Kier molecular flexibility index (Phi) is 2.36. The van der Waals surface area contributed by atoms with Crippen molar-refractivity contribution in [3.63, 3.8) is 0 Å². The molecule has 0 saturated carbocycles. The Hall–Kier alpha value is -1.56. The summed E-state index contributed by atoms with van der Waals surface area (Å²) in [5.41, 5.74) is 6.14. The summed E-state index contributed by atoms with van der Waals surface area (Å²) in [6.07, 6.45) is 0. The first-order valence-electron chi connectivity index (χ1n) is 4.13. The van der Waals surface area contributed by atoms with Crippen LogP contribution in [0.5, 0.6) is 0 Å². The molecule has 1 heterocycles. The number of nitrogens with two attached hydrogens (primary N) is 1. The number of nitrogens with zero attached hydrogens (tertiary/aromatic N) is 2. The Morgan fingerprint density at radius 3 is 2.60 bits per heavy atom. The van der Waals surface area contributed by atoms with Crippen LogP contribution in [0.4, 0.5) is 13.9 Å². The van der Waals surface area contributed by atoms with Gasteiger partial charge in [-0.2, -0.15) is 0 Å². The van der Waals surface area contributed by atoms with Crippen LogP contribution in [0, 0.1) is 18.6 Å². The van der Waals surface area contributed by atoms with Crippen molar-refractivity contribution < 1.29 is 8.78 Å². The van der Waals surface area contributed by atoms with E-state index in [0.29, 0.717) is 15.7 Å². The lowest BCUT2D eigenvalue weighted by molar-refractivity contribution is 0.503. The average Bonchev–Trinajstić information content (AvgIpc) is 2.61. The molecule has 15 heavy (non-hydrogen) atoms. The van der Waals surface area contributed by atoms with E-state index in [4.69, 9.17) is 5.73 Å². The molecular formula is C9H7F2N3S. The quantitative estimate of drug-likeness (QED) is 0.813. The van der Waals surface area contributed by atoms with Crippen LogP contribution >= 0.6 is 11.3 Å². The highest BCUT2D eigenvalue weighted by atomic mass is 32.1. The maximum Gasteiger partial charge on any atom is 0.203 e. The Labute approximate surface area is 88.6 Å². The van der Waals surface area contributed by atoms with E-state index in [2.05, 4.69) is 10.2 Å². The number of rotatable bonds is 1. The van der Waals surface area contributed by atoms with Crippen LogP contribution in [0.2, 0.25) is 0 Å². The zero-order chi connectivity index (χ0) is 11.0. The number of nitrogen functional groups attached to an aromatic ring is 1. The van der Waals surface area contributed by atoms with Gasteiger partial charge in [-0.15, -0.1) is 10.2 Å². The number of benzene rings is 1. The van der Waals surface area contributed by atoms with E-state index in [1.165, 1.54) is 13.0 Å². The fourth-order valence-corrected chi connectivity index (χ4v) is 1.92. The second kappa shape index (κ2) is 3.54. The zero-order valence-corrected chi connectivity index (χ0v) is 8.61. The van der Waals surface area contributed by atoms with E-state index in [1.54, 1.807) is 0 Å². The van der Waals surface area contributed by atoms with Crippen molar-refractivity contribution in [2.45, 2.75) is 6.92 Å². The van der Waals surface area contributed by atoms with Gasteiger partial charge in [0.1, 0.15) is 5.01 Å². The lowest BCUT2D eigenvalue weighted by Gasteiger charge is -2.03. The summed E-state index contributed by atoms with van der Waals surface area (Å²) in [4.78, 5) is 0. The largest absolute Gasteiger partial charge is 0.374 e. The Bertz CT molecular complexity index is 510. The zero-order valence-electron chi connectivity index (χ0n) is 7.79. The molecule has 0 fully saturated rings. The van der Waals surface area contributed by atoms with E-state index < -0.39 is 11.6 Å². The summed E-state index contributed by atoms with van der Waals surface area (Å²) in [6, 6.07) is 2.53. The molecule has 0 saturated heterocycles. The smallest absolute Gasteiger partial charge is 0.203 e. The molecule has 2 N–H and O–H groups in total. The fraction of sp³-hybridized carbons (Fsp3) is 0.111. The fourth-order valence-electron chi connectivity index (χ4n) is 1.23. The minimum atomic E-state index is -0.867. The molecule has 1 aromatic heterocycles. The molecule has 0 bridgehead atoms. The first-order valence-corrected chi connectivity index (χ1v) is 4.95. The summed E-state index contributed by atoms with van der Waals surface area (Å²) in [5.74, 6) is -1.73. The van der Waals surface area contributed by atoms with E-state index in [9.17, 15) is 8.78 Å². The van der Waals surface area contributed by atoms with Crippen LogP contribution in [0.1, 0.15) is 5.56 Å². The Balaban J connectivity index is 2.59. The third-order valence-corrected chi connectivity index (χ3v) is 2.80. The van der Waals surface area contributed by atoms with E-state index in [-0.39, 0.29) is 5.56 Å². The van der Waals surface area contributed by atoms with Gasteiger partial charge in [0.15, 0.2) is 11.6 Å². The molecule has 0 radical (unpaired) electrons. The number of aromatic nitrogens is 2. The molecule has 78 valence electrons. The predicted molar refractivity (Wildman–Crippen MR) is 54.4 cm³/mol. The van der Waals surface area contributed by atoms with Crippen LogP contribution in [0.15, 0.2) is 12.1 Å². The summed E-state index contributed by atoms with van der Waals surface area (Å²) in [5, 5.41) is 8.18. The van der Waals surface area contributed by atoms with Crippen molar-refractivity contribution in [1.82, 2.24) is 10.2 Å². The lowest BCUT2D eigenvalue weighted by Crippen LogP contribution is -1.92. The topological polar surface area (TPSA) is 51.8 Å². The molecular weight excluding hydrogens is 220 g/mol. The molecule has 0 amide bonds. The molecule has 2 rings (SSSR count). The van der Waals surface area contributed by atoms with Gasteiger partial charge in [0.2, 0.25) is 5.13 Å². The van der Waals surface area contributed by atoms with Gasteiger partial charge < -0.3 is 5.73 Å². The highest BCUT2D eigenvalue weighted by Gasteiger charge is 2.13. The molecule has 0 spiro atoms. The molecule has 2 aromatic rings. The van der Waals surface area contributed by atoms with Crippen molar-refractivity contribution in [3.05, 3.63) is 29.3 Å². The summed E-state index contributed by atoms with van der Waals surface area (Å²) < 4.78 is 26.1. The van der Waals surface area contributed by atoms with Gasteiger partial charge in [0.25, 0.3) is 0 Å². The highest BCUT2D eigenvalue weighted by Crippen LogP contribution is 2.29. The second-order valence-electron chi connectivity index (χ2n) is 2.98. The third-order valence-electron chi connectivity index (χ3n) is 2.01. The maximum absolute atomic E-state index is 13.2. The van der Waals surface area contributed by atoms with E-state index in [1.807, 2.05) is 0 Å². The van der Waals surface area contributed by atoms with Crippen LogP contribution < -0.4 is 5.73 Å². The SMILES string of the molecule is Cc1c(-c2nnc(N)s2)ccc(F)c1F. The first kappa shape index (κ1) is 9.97. The molecule has 6 heteroatoms. The van der Waals surface area contributed by atoms with Crippen LogP contribution in [0.25, 0.3) is 10.6 Å². The third kappa shape index (κ3) is 1.68. The standard InChI is InChI=1S/C9H7F2N3S/c1-4-5(2-3-6(10)7(4)11)8-13-14-9(12)15-8/h2-3H,1H3,(H2,12,14). The predicted octanol–water partition coefficient (Wildman–Crippen LogP) is 2.37. The van der Waals surface area contributed by atoms with Gasteiger partial charge >= 0.3 is 0 Å². The maximum atomic E-state index is 13.2. The minimum Gasteiger partial charge on any atom is -0.374 e. The molecule has 0 atom stereocenters. The van der Waals surface area contributed by atoms with Gasteiger partial charge in [-0.3, -0.25) is 0 Å². The van der Waals surface area contributed by atoms with Crippen molar-refractivity contribution in [2.24, 2.45) is 0 Å². The van der Waals surface area contributed by atoms with Gasteiger partial charge in [-0.1, -0.05) is 11.3 Å². The van der Waals surface area contributed by atoms with Crippen LogP contribution in [0.3, 0.4) is 0 Å². The van der Waals surface area contributed by atoms with Crippen molar-refractivity contribution >= 4 is 16.5 Å². The van der Waals surface area contributed by atoms with Gasteiger partial charge in [-0.25, -0.2) is 8.78 Å². The number of hydrogen-bond acceptors (Lipinski definition) is 4. The number of hydrogen-bond donors (Lipinski definition) is 1. The van der Waals surface area contributed by atoms with Gasteiger partial charge in [0.05, 0.1) is 0 Å². The summed E-state index contributed by atoms with van der Waals surface area (Å²) in [6.45, 7) is 1.49. The lowest BCUT2D eigenvalue weighted by atomic mass is 10.1. The van der Waals surface area contributed by atoms with Crippen molar-refractivity contribution in [2.75, 3.05) is 5.73 Å². The van der Waals surface area contributed by atoms with Crippen LogP contribution in [-0.4, -0.2) is 10.2 Å². The normalized spacial score (nSPS) is 10.6. The molecule has 3 nitrogen and oxygen atoms in total. The average molecular weight is 227 g/mol. The number of halogens is 2.